The van der Waals surface area contributed by atoms with Gasteiger partial charge in [-0.05, 0) is 71.3 Å². The van der Waals surface area contributed by atoms with Crippen molar-refractivity contribution in [2.45, 2.75) is 5.41 Å². The minimum Gasteiger partial charge on any atom is -0.456 e. The predicted molar refractivity (Wildman–Crippen MR) is 241 cm³/mol. The lowest BCUT2D eigenvalue weighted by Gasteiger charge is -2.37. The van der Waals surface area contributed by atoms with Crippen molar-refractivity contribution in [3.8, 4) is 11.4 Å². The van der Waals surface area contributed by atoms with E-state index in [9.17, 15) is 0 Å². The van der Waals surface area contributed by atoms with Gasteiger partial charge in [-0.15, -0.1) is 0 Å². The molecule has 0 fully saturated rings. The van der Waals surface area contributed by atoms with Crippen molar-refractivity contribution < 1.29 is 4.42 Å². The van der Waals surface area contributed by atoms with E-state index in [2.05, 4.69) is 228 Å². The Morgan fingerprint density at radius 3 is 1.28 bits per heavy atom. The van der Waals surface area contributed by atoms with E-state index in [0.29, 0.717) is 0 Å². The number of fused-ring (bicyclic) bond motifs is 9. The molecule has 0 N–H and O–H groups in total. The Balaban J connectivity index is 1.21. The summed E-state index contributed by atoms with van der Waals surface area (Å²) in [4.78, 5) is 0. The fourth-order valence-corrected chi connectivity index (χ4v) is 9.83. The van der Waals surface area contributed by atoms with Gasteiger partial charge in [-0.25, -0.2) is 0 Å². The Bertz CT molecular complexity index is 3350. The highest BCUT2D eigenvalue weighted by atomic mass is 16.3. The van der Waals surface area contributed by atoms with E-state index in [1.165, 1.54) is 49.3 Å². The van der Waals surface area contributed by atoms with Gasteiger partial charge in [0.2, 0.25) is 0 Å². The number of rotatable bonds is 6. The van der Waals surface area contributed by atoms with Crippen molar-refractivity contribution in [2.24, 2.45) is 0 Å². The molecule has 12 rings (SSSR count). The Hall–Kier alpha value is -7.62. The summed E-state index contributed by atoms with van der Waals surface area (Å²) >= 11 is 0. The number of nitrogens with zero attached hydrogens (tertiary/aromatic N) is 2. The van der Waals surface area contributed by atoms with Crippen molar-refractivity contribution in [3.63, 3.8) is 0 Å². The molecule has 0 atom stereocenters. The van der Waals surface area contributed by atoms with Crippen LogP contribution in [0.1, 0.15) is 22.3 Å². The monoisotopic (exact) mass is 740 g/mol. The predicted octanol–water partition coefficient (Wildman–Crippen LogP) is 14.2. The van der Waals surface area contributed by atoms with E-state index in [0.717, 1.165) is 49.9 Å². The lowest BCUT2D eigenvalue weighted by molar-refractivity contribution is 0.645. The second-order valence-electron chi connectivity index (χ2n) is 15.2. The molecule has 0 aliphatic carbocycles. The largest absolute Gasteiger partial charge is 0.456 e. The summed E-state index contributed by atoms with van der Waals surface area (Å²) in [6, 6.07) is 79.2. The highest BCUT2D eigenvalue weighted by Crippen LogP contribution is 2.50. The van der Waals surface area contributed by atoms with Crippen molar-refractivity contribution in [1.82, 2.24) is 9.13 Å². The molecule has 12 aromatic rings. The smallest absolute Gasteiger partial charge is 0.140 e. The molecule has 3 heterocycles. The molecule has 3 aromatic heterocycles. The van der Waals surface area contributed by atoms with Gasteiger partial charge >= 0.3 is 0 Å². The third-order valence-corrected chi connectivity index (χ3v) is 12.2. The third-order valence-electron chi connectivity index (χ3n) is 12.2. The van der Waals surface area contributed by atoms with E-state index in [1.807, 2.05) is 0 Å². The van der Waals surface area contributed by atoms with E-state index < -0.39 is 5.41 Å². The fraction of sp³-hybridized carbons (Fsp3) is 0.0182. The zero-order valence-corrected chi connectivity index (χ0v) is 31.6. The number of hydrogen-bond acceptors (Lipinski definition) is 1. The van der Waals surface area contributed by atoms with Gasteiger partial charge in [0, 0.05) is 49.3 Å². The Kier molecular flexibility index (Phi) is 7.14. The molecule has 0 aliphatic rings. The van der Waals surface area contributed by atoms with Crippen LogP contribution in [-0.2, 0) is 5.41 Å². The summed E-state index contributed by atoms with van der Waals surface area (Å²) in [5, 5.41) is 7.11. The molecule has 58 heavy (non-hydrogen) atoms. The minimum absolute atomic E-state index is 0.714. The van der Waals surface area contributed by atoms with Gasteiger partial charge in [-0.1, -0.05) is 164 Å². The number of hydrogen-bond donors (Lipinski definition) is 0. The summed E-state index contributed by atoms with van der Waals surface area (Å²) in [7, 11) is 0. The Morgan fingerprint density at radius 1 is 0.310 bits per heavy atom. The van der Waals surface area contributed by atoms with Gasteiger partial charge in [0.1, 0.15) is 11.2 Å². The molecule has 0 unspecified atom stereocenters. The molecule has 0 saturated heterocycles. The lowest BCUT2D eigenvalue weighted by Crippen LogP contribution is -2.31. The number of furan rings is 1. The second-order valence-corrected chi connectivity index (χ2v) is 15.2. The first-order valence-corrected chi connectivity index (χ1v) is 19.9. The van der Waals surface area contributed by atoms with E-state index in [-0.39, 0.29) is 0 Å². The molecule has 272 valence electrons. The van der Waals surface area contributed by atoms with E-state index >= 15 is 0 Å². The first-order chi connectivity index (χ1) is 28.8. The first-order valence-electron chi connectivity index (χ1n) is 19.9. The van der Waals surface area contributed by atoms with Crippen LogP contribution in [0.2, 0.25) is 0 Å². The van der Waals surface area contributed by atoms with Gasteiger partial charge < -0.3 is 13.6 Å². The topological polar surface area (TPSA) is 23.0 Å². The molecule has 0 spiro atoms. The maximum absolute atomic E-state index is 7.02. The van der Waals surface area contributed by atoms with Crippen molar-refractivity contribution in [1.29, 1.82) is 0 Å². The van der Waals surface area contributed by atoms with Crippen LogP contribution in [0.3, 0.4) is 0 Å². The van der Waals surface area contributed by atoms with Gasteiger partial charge in [0.25, 0.3) is 0 Å². The summed E-state index contributed by atoms with van der Waals surface area (Å²) in [6.45, 7) is 0. The van der Waals surface area contributed by atoms with Gasteiger partial charge in [0.05, 0.1) is 27.5 Å². The molecule has 0 aliphatic heterocycles. The molecule has 0 bridgehead atoms. The Morgan fingerprint density at radius 2 is 0.724 bits per heavy atom. The number of para-hydroxylation sites is 4. The SMILES string of the molecule is c1ccc(C(c2ccccc2)(c2ccccc2)c2cc(-n3c4ccccc4c4cc(-n5c6ccccc6c6ccccc65)ccc43)cc3c2oc2ccccc23)cc1. The molecule has 0 amide bonds. The van der Waals surface area contributed by atoms with Crippen molar-refractivity contribution in [3.05, 3.63) is 241 Å². The van der Waals surface area contributed by atoms with Crippen LogP contribution in [0.4, 0.5) is 0 Å². The van der Waals surface area contributed by atoms with Crippen LogP contribution < -0.4 is 0 Å². The summed E-state index contributed by atoms with van der Waals surface area (Å²) < 4.78 is 11.9. The summed E-state index contributed by atoms with van der Waals surface area (Å²) in [5.41, 5.74) is 12.6. The normalized spacial score (nSPS) is 12.1. The van der Waals surface area contributed by atoms with Crippen molar-refractivity contribution in [2.75, 3.05) is 0 Å². The van der Waals surface area contributed by atoms with Crippen molar-refractivity contribution >= 4 is 65.6 Å². The molecule has 0 saturated carbocycles. The van der Waals surface area contributed by atoms with Crippen LogP contribution in [-0.4, -0.2) is 9.13 Å². The average Bonchev–Trinajstić information content (AvgIpc) is 3.95. The van der Waals surface area contributed by atoms with Gasteiger partial charge in [-0.2, -0.15) is 0 Å². The fourth-order valence-electron chi connectivity index (χ4n) is 9.83. The van der Waals surface area contributed by atoms with Crippen LogP contribution in [0, 0.1) is 0 Å². The van der Waals surface area contributed by atoms with Gasteiger partial charge in [0.15, 0.2) is 0 Å². The maximum atomic E-state index is 7.02. The number of benzene rings is 9. The highest BCUT2D eigenvalue weighted by Gasteiger charge is 2.41. The average molecular weight is 741 g/mol. The summed E-state index contributed by atoms with van der Waals surface area (Å²) in [5.74, 6) is 0. The van der Waals surface area contributed by atoms with E-state index in [4.69, 9.17) is 4.42 Å². The van der Waals surface area contributed by atoms with Crippen LogP contribution in [0.15, 0.2) is 223 Å². The standard InChI is InChI=1S/C55H36N2O/c1-4-18-37(19-5-1)55(38-20-6-2-7-21-38,39-22-8-3-9-23-39)48-36-41(35-47-45-27-13-17-31-53(45)58-54(47)48)57-51-30-16-12-26-44(51)46-34-40(32-33-52(46)57)56-49-28-14-10-24-42(49)43-25-11-15-29-50(43)56/h1-36H. The molecule has 0 radical (unpaired) electrons. The van der Waals surface area contributed by atoms with Crippen LogP contribution >= 0.6 is 0 Å². The second kappa shape index (κ2) is 12.7. The molecular formula is C55H36N2O. The molecule has 9 aromatic carbocycles. The molecule has 3 heteroatoms. The molecule has 3 nitrogen and oxygen atoms in total. The molecular weight excluding hydrogens is 705 g/mol. The van der Waals surface area contributed by atoms with Crippen LogP contribution in [0.25, 0.3) is 76.9 Å². The Labute approximate surface area is 335 Å². The zero-order chi connectivity index (χ0) is 38.2. The highest BCUT2D eigenvalue weighted by molar-refractivity contribution is 6.13. The quantitative estimate of drug-likeness (QED) is 0.156. The number of aromatic nitrogens is 2. The third kappa shape index (κ3) is 4.62. The zero-order valence-electron chi connectivity index (χ0n) is 31.6. The maximum Gasteiger partial charge on any atom is 0.140 e. The minimum atomic E-state index is -0.714. The summed E-state index contributed by atoms with van der Waals surface area (Å²) in [6.07, 6.45) is 0. The first kappa shape index (κ1) is 32.6. The van der Waals surface area contributed by atoms with Gasteiger partial charge in [-0.3, -0.25) is 0 Å². The van der Waals surface area contributed by atoms with E-state index in [1.54, 1.807) is 0 Å². The lowest BCUT2D eigenvalue weighted by atomic mass is 9.64. The van der Waals surface area contributed by atoms with Crippen LogP contribution in [0.5, 0.6) is 0 Å².